The van der Waals surface area contributed by atoms with Gasteiger partial charge in [0.15, 0.2) is 0 Å². The second-order valence-electron chi connectivity index (χ2n) is 2.24. The number of hydrogen-bond acceptors (Lipinski definition) is 6. The highest BCUT2D eigenvalue weighted by Gasteiger charge is 2.10. The van der Waals surface area contributed by atoms with Gasteiger partial charge in [-0.1, -0.05) is 10.4 Å². The van der Waals surface area contributed by atoms with Crippen molar-refractivity contribution in [3.8, 4) is 0 Å². The molecule has 0 rings (SSSR count). The van der Waals surface area contributed by atoms with Crippen molar-refractivity contribution in [3.05, 3.63) is 12.7 Å². The maximum absolute atomic E-state index is 10.5. The van der Waals surface area contributed by atoms with Crippen LogP contribution in [-0.2, 0) is 28.5 Å². The lowest BCUT2D eigenvalue weighted by Crippen LogP contribution is -2.10. The normalized spacial score (nSPS) is 10.4. The zero-order valence-electron chi connectivity index (χ0n) is 9.97. The van der Waals surface area contributed by atoms with Crippen LogP contribution in [0.15, 0.2) is 12.7 Å². The van der Waals surface area contributed by atoms with Crippen LogP contribution >= 0.6 is 0 Å². The van der Waals surface area contributed by atoms with E-state index >= 15 is 0 Å². The van der Waals surface area contributed by atoms with Crippen LogP contribution in [0.4, 0.5) is 0 Å². The number of hydrogen-bond donors (Lipinski definition) is 0. The Labute approximate surface area is 97.4 Å². The molecule has 0 radical (unpaired) electrons. The largest absolute Gasteiger partial charge is 0.426 e. The summed E-state index contributed by atoms with van der Waals surface area (Å²) in [5.41, 5.74) is 0. The van der Waals surface area contributed by atoms with E-state index < -0.39 is 10.4 Å². The highest BCUT2D eigenvalue weighted by Crippen LogP contribution is 1.95. The average Bonchev–Trinajstić information content (AvgIpc) is 2.26. The van der Waals surface area contributed by atoms with E-state index in [9.17, 15) is 8.42 Å². The summed E-state index contributed by atoms with van der Waals surface area (Å²) >= 11 is 0. The van der Waals surface area contributed by atoms with Gasteiger partial charge in [0.25, 0.3) is 0 Å². The molecule has 0 aromatic heterocycles. The summed E-state index contributed by atoms with van der Waals surface area (Å²) in [6.45, 7) is 10.5. The number of ether oxygens (including phenoxy) is 1. The molecule has 0 saturated heterocycles. The van der Waals surface area contributed by atoms with Crippen molar-refractivity contribution in [1.82, 2.24) is 0 Å². The van der Waals surface area contributed by atoms with Crippen LogP contribution in [0.1, 0.15) is 20.8 Å². The van der Waals surface area contributed by atoms with E-state index in [2.05, 4.69) is 20.0 Å². The van der Waals surface area contributed by atoms with E-state index in [1.165, 1.54) is 6.08 Å². The molecule has 0 aliphatic heterocycles. The van der Waals surface area contributed by atoms with E-state index in [0.29, 0.717) is 0 Å². The molecule has 0 unspecified atom stereocenters. The maximum atomic E-state index is 10.5. The molecular weight excluding hydrogens is 236 g/mol. The lowest BCUT2D eigenvalue weighted by molar-refractivity contribution is -0.204. The molecule has 0 saturated carbocycles. The van der Waals surface area contributed by atoms with Crippen LogP contribution in [0.3, 0.4) is 0 Å². The number of rotatable bonds is 8. The summed E-state index contributed by atoms with van der Waals surface area (Å²) < 4.78 is 34.0. The topological polar surface area (TPSA) is 71.1 Å². The van der Waals surface area contributed by atoms with Crippen molar-refractivity contribution in [2.24, 2.45) is 0 Å². The predicted octanol–water partition coefficient (Wildman–Crippen LogP) is 1.44. The molecule has 0 aliphatic carbocycles. The fraction of sp³-hybridized carbons (Fsp3) is 0.778. The van der Waals surface area contributed by atoms with Gasteiger partial charge in [0.05, 0.1) is 13.2 Å². The van der Waals surface area contributed by atoms with E-state index in [-0.39, 0.29) is 13.2 Å². The summed E-state index contributed by atoms with van der Waals surface area (Å²) in [6, 6.07) is 0. The molecule has 0 amide bonds. The standard InChI is InChI=1S/C5H10O5S.C4H10O/c1-3-5-9-11(6,7)10-8-4-2;1-3-5-4-2/h3H,1,4-5H2,2H3;3-4H2,1-2H3. The molecule has 0 bridgehead atoms. The van der Waals surface area contributed by atoms with Gasteiger partial charge < -0.3 is 4.74 Å². The molecule has 16 heavy (non-hydrogen) atoms. The van der Waals surface area contributed by atoms with Crippen molar-refractivity contribution in [2.45, 2.75) is 20.8 Å². The Balaban J connectivity index is 0. The first-order valence-corrected chi connectivity index (χ1v) is 6.26. The fourth-order valence-electron chi connectivity index (χ4n) is 0.462. The summed E-state index contributed by atoms with van der Waals surface area (Å²) in [6.07, 6.45) is 1.28. The summed E-state index contributed by atoms with van der Waals surface area (Å²) in [5.74, 6) is 0. The van der Waals surface area contributed by atoms with Gasteiger partial charge in [0, 0.05) is 13.2 Å². The van der Waals surface area contributed by atoms with Crippen molar-refractivity contribution in [3.63, 3.8) is 0 Å². The minimum absolute atomic E-state index is 0.130. The second-order valence-corrected chi connectivity index (χ2v) is 3.43. The first kappa shape index (κ1) is 17.9. The minimum atomic E-state index is -4.00. The van der Waals surface area contributed by atoms with E-state index in [1.807, 2.05) is 13.8 Å². The van der Waals surface area contributed by atoms with Crippen LogP contribution < -0.4 is 0 Å². The monoisotopic (exact) mass is 256 g/mol. The van der Waals surface area contributed by atoms with Gasteiger partial charge in [-0.05, 0) is 20.8 Å². The van der Waals surface area contributed by atoms with Gasteiger partial charge in [-0.2, -0.15) is 8.42 Å². The van der Waals surface area contributed by atoms with Crippen molar-refractivity contribution < 1.29 is 26.6 Å². The third kappa shape index (κ3) is 16.0. The summed E-state index contributed by atoms with van der Waals surface area (Å²) in [4.78, 5) is 4.15. The zero-order valence-corrected chi connectivity index (χ0v) is 10.8. The third-order valence-corrected chi connectivity index (χ3v) is 1.68. The van der Waals surface area contributed by atoms with Crippen molar-refractivity contribution in [2.75, 3.05) is 26.4 Å². The Morgan fingerprint density at radius 1 is 1.12 bits per heavy atom. The Kier molecular flexibility index (Phi) is 14.1. The Morgan fingerprint density at radius 2 is 1.69 bits per heavy atom. The third-order valence-electron chi connectivity index (χ3n) is 0.988. The van der Waals surface area contributed by atoms with Gasteiger partial charge in [-0.3, -0.25) is 0 Å². The van der Waals surface area contributed by atoms with Crippen LogP contribution in [-0.4, -0.2) is 34.8 Å². The predicted molar refractivity (Wildman–Crippen MR) is 59.9 cm³/mol. The van der Waals surface area contributed by atoms with Crippen LogP contribution in [0, 0.1) is 0 Å². The van der Waals surface area contributed by atoms with Crippen LogP contribution in [0.2, 0.25) is 0 Å². The Bertz CT molecular complexity index is 234. The van der Waals surface area contributed by atoms with Gasteiger partial charge in [-0.25, -0.2) is 9.07 Å². The minimum Gasteiger partial charge on any atom is -0.382 e. The lowest BCUT2D eigenvalue weighted by atomic mass is 10.7. The van der Waals surface area contributed by atoms with Crippen LogP contribution in [0.5, 0.6) is 0 Å². The Hall–Kier alpha value is -0.470. The highest BCUT2D eigenvalue weighted by molar-refractivity contribution is 7.81. The van der Waals surface area contributed by atoms with Gasteiger partial charge in [0.2, 0.25) is 0 Å². The van der Waals surface area contributed by atoms with Crippen LogP contribution in [0.25, 0.3) is 0 Å². The lowest BCUT2D eigenvalue weighted by Gasteiger charge is -2.00. The molecule has 0 aliphatic rings. The highest BCUT2D eigenvalue weighted by atomic mass is 32.3. The molecule has 0 aromatic rings. The zero-order chi connectivity index (χ0) is 12.9. The molecule has 0 N–H and O–H groups in total. The SMILES string of the molecule is C=CCOS(=O)(=O)OOCC.CCOCC. The quantitative estimate of drug-likeness (QED) is 0.372. The maximum Gasteiger partial charge on any atom is 0.426 e. The van der Waals surface area contributed by atoms with E-state index in [4.69, 9.17) is 4.74 Å². The summed E-state index contributed by atoms with van der Waals surface area (Å²) in [7, 11) is -4.00. The molecule has 0 atom stereocenters. The molecular formula is C9H20O6S. The molecule has 7 heteroatoms. The van der Waals surface area contributed by atoms with Gasteiger partial charge >= 0.3 is 10.4 Å². The van der Waals surface area contributed by atoms with E-state index in [1.54, 1.807) is 6.92 Å². The van der Waals surface area contributed by atoms with Gasteiger partial charge in [0.1, 0.15) is 0 Å². The first-order chi connectivity index (χ1) is 7.54. The van der Waals surface area contributed by atoms with E-state index in [0.717, 1.165) is 13.2 Å². The molecule has 0 aromatic carbocycles. The fourth-order valence-corrected chi connectivity index (χ4v) is 0.979. The first-order valence-electron chi connectivity index (χ1n) is 4.93. The average molecular weight is 256 g/mol. The molecule has 0 heterocycles. The molecule has 98 valence electrons. The molecule has 0 fully saturated rings. The van der Waals surface area contributed by atoms with Crippen molar-refractivity contribution >= 4 is 10.4 Å². The van der Waals surface area contributed by atoms with Crippen molar-refractivity contribution in [1.29, 1.82) is 0 Å². The summed E-state index contributed by atoms with van der Waals surface area (Å²) in [5, 5.41) is 0. The molecule has 6 nitrogen and oxygen atoms in total. The van der Waals surface area contributed by atoms with Gasteiger partial charge in [-0.15, -0.1) is 6.58 Å². The second kappa shape index (κ2) is 12.6. The smallest absolute Gasteiger partial charge is 0.382 e. The molecule has 0 spiro atoms. The Morgan fingerprint density at radius 3 is 2.00 bits per heavy atom.